The number of benzene rings is 1. The number of nitrogens with one attached hydrogen (secondary N) is 1. The molecule has 1 fully saturated rings. The fraction of sp³-hybridized carbons (Fsp3) is 0.350. The fourth-order valence-electron chi connectivity index (χ4n) is 3.47. The molecule has 4 rings (SSSR count). The SMILES string of the molecule is Cc1c(C(=O)OC2CCCCC2)sc2ncnc(Nc3ccc(Cl)cc3Cl)c12. The number of aryl methyl sites for hydroxylation is 1. The highest BCUT2D eigenvalue weighted by atomic mass is 35.5. The quantitative estimate of drug-likeness (QED) is 0.471. The summed E-state index contributed by atoms with van der Waals surface area (Å²) in [5.74, 6) is 0.322. The topological polar surface area (TPSA) is 64.1 Å². The van der Waals surface area contributed by atoms with Gasteiger partial charge in [0, 0.05) is 5.02 Å². The van der Waals surface area contributed by atoms with Crippen LogP contribution in [0, 0.1) is 6.92 Å². The lowest BCUT2D eigenvalue weighted by molar-refractivity contribution is 0.0216. The summed E-state index contributed by atoms with van der Waals surface area (Å²) in [6.45, 7) is 1.90. The van der Waals surface area contributed by atoms with E-state index in [1.165, 1.54) is 24.1 Å². The molecule has 2 aromatic heterocycles. The molecule has 0 unspecified atom stereocenters. The lowest BCUT2D eigenvalue weighted by Gasteiger charge is -2.21. The zero-order valence-corrected chi connectivity index (χ0v) is 17.6. The molecule has 0 saturated heterocycles. The number of hydrogen-bond acceptors (Lipinski definition) is 6. The number of ether oxygens (including phenoxy) is 1. The number of halogens is 2. The third kappa shape index (κ3) is 3.95. The van der Waals surface area contributed by atoms with Gasteiger partial charge in [-0.05, 0) is 56.4 Å². The van der Waals surface area contributed by atoms with E-state index in [4.69, 9.17) is 27.9 Å². The highest BCUT2D eigenvalue weighted by Crippen LogP contribution is 2.37. The van der Waals surface area contributed by atoms with E-state index in [1.807, 2.05) is 6.92 Å². The molecular weight excluding hydrogens is 417 g/mol. The maximum absolute atomic E-state index is 12.7. The minimum absolute atomic E-state index is 0.0161. The maximum atomic E-state index is 12.7. The van der Waals surface area contributed by atoms with Crippen LogP contribution in [0.1, 0.15) is 47.3 Å². The second kappa shape index (κ2) is 8.23. The van der Waals surface area contributed by atoms with E-state index in [2.05, 4.69) is 15.3 Å². The Morgan fingerprint density at radius 1 is 1.21 bits per heavy atom. The highest BCUT2D eigenvalue weighted by Gasteiger charge is 2.24. The van der Waals surface area contributed by atoms with Gasteiger partial charge in [-0.15, -0.1) is 11.3 Å². The summed E-state index contributed by atoms with van der Waals surface area (Å²) in [7, 11) is 0. The van der Waals surface area contributed by atoms with Crippen LogP contribution in [0.2, 0.25) is 10.0 Å². The van der Waals surface area contributed by atoms with Crippen molar-refractivity contribution < 1.29 is 9.53 Å². The number of esters is 1. The van der Waals surface area contributed by atoms with Crippen LogP contribution in [0.4, 0.5) is 11.5 Å². The first-order chi connectivity index (χ1) is 13.5. The van der Waals surface area contributed by atoms with E-state index < -0.39 is 0 Å². The summed E-state index contributed by atoms with van der Waals surface area (Å²) in [6.07, 6.45) is 6.82. The molecule has 0 aliphatic heterocycles. The Bertz CT molecular complexity index is 1030. The van der Waals surface area contributed by atoms with Gasteiger partial charge >= 0.3 is 5.97 Å². The number of hydrogen-bond donors (Lipinski definition) is 1. The van der Waals surface area contributed by atoms with Crippen LogP contribution in [-0.4, -0.2) is 22.0 Å². The average molecular weight is 436 g/mol. The molecule has 1 aromatic carbocycles. The molecule has 1 aliphatic carbocycles. The van der Waals surface area contributed by atoms with Gasteiger partial charge in [-0.1, -0.05) is 29.6 Å². The number of rotatable bonds is 4. The molecule has 0 amide bonds. The molecule has 1 N–H and O–H groups in total. The molecule has 0 bridgehead atoms. The summed E-state index contributed by atoms with van der Waals surface area (Å²) < 4.78 is 5.75. The molecule has 5 nitrogen and oxygen atoms in total. The minimum Gasteiger partial charge on any atom is -0.458 e. The molecule has 0 radical (unpaired) electrons. The van der Waals surface area contributed by atoms with Gasteiger partial charge in [-0.2, -0.15) is 0 Å². The van der Waals surface area contributed by atoms with Gasteiger partial charge < -0.3 is 10.1 Å². The third-order valence-corrected chi connectivity index (χ3v) is 6.65. The molecule has 1 saturated carbocycles. The van der Waals surface area contributed by atoms with Crippen molar-refractivity contribution >= 4 is 62.2 Å². The van der Waals surface area contributed by atoms with Gasteiger partial charge in [0.05, 0.1) is 16.1 Å². The molecule has 146 valence electrons. The van der Waals surface area contributed by atoms with Gasteiger partial charge in [0.25, 0.3) is 0 Å². The number of carbonyl (C=O) groups excluding carboxylic acids is 1. The summed E-state index contributed by atoms with van der Waals surface area (Å²) in [4.78, 5) is 22.7. The Labute approximate surface area is 177 Å². The van der Waals surface area contributed by atoms with Crippen molar-refractivity contribution in [1.29, 1.82) is 0 Å². The van der Waals surface area contributed by atoms with Crippen molar-refractivity contribution in [1.82, 2.24) is 9.97 Å². The number of anilines is 2. The van der Waals surface area contributed by atoms with Gasteiger partial charge in [0.15, 0.2) is 0 Å². The van der Waals surface area contributed by atoms with Crippen LogP contribution in [0.15, 0.2) is 24.5 Å². The van der Waals surface area contributed by atoms with Crippen molar-refractivity contribution in [3.63, 3.8) is 0 Å². The third-order valence-electron chi connectivity index (χ3n) is 4.92. The summed E-state index contributed by atoms with van der Waals surface area (Å²) in [5.41, 5.74) is 1.50. The highest BCUT2D eigenvalue weighted by molar-refractivity contribution is 7.20. The van der Waals surface area contributed by atoms with E-state index in [0.717, 1.165) is 41.5 Å². The number of fused-ring (bicyclic) bond motifs is 1. The summed E-state index contributed by atoms with van der Waals surface area (Å²) in [5, 5.41) is 5.08. The van der Waals surface area contributed by atoms with Gasteiger partial charge in [-0.25, -0.2) is 14.8 Å². The molecule has 0 atom stereocenters. The molecule has 3 aromatic rings. The van der Waals surface area contributed by atoms with Gasteiger partial charge in [0.2, 0.25) is 0 Å². The number of nitrogens with zero attached hydrogens (tertiary/aromatic N) is 2. The Kier molecular flexibility index (Phi) is 5.71. The lowest BCUT2D eigenvalue weighted by Crippen LogP contribution is -2.20. The Hall–Kier alpha value is -1.89. The van der Waals surface area contributed by atoms with Crippen LogP contribution >= 0.6 is 34.5 Å². The fourth-order valence-corrected chi connectivity index (χ4v) is 4.95. The van der Waals surface area contributed by atoms with Crippen molar-refractivity contribution in [2.75, 3.05) is 5.32 Å². The monoisotopic (exact) mass is 435 g/mol. The minimum atomic E-state index is -0.275. The van der Waals surface area contributed by atoms with Crippen LogP contribution in [0.5, 0.6) is 0 Å². The van der Waals surface area contributed by atoms with E-state index in [-0.39, 0.29) is 12.1 Å². The Balaban J connectivity index is 1.65. The number of aromatic nitrogens is 2. The smallest absolute Gasteiger partial charge is 0.348 e. The van der Waals surface area contributed by atoms with E-state index in [0.29, 0.717) is 26.4 Å². The van der Waals surface area contributed by atoms with Crippen LogP contribution in [-0.2, 0) is 4.74 Å². The van der Waals surface area contributed by atoms with Crippen LogP contribution in [0.25, 0.3) is 10.2 Å². The first kappa shape index (κ1) is 19.4. The van der Waals surface area contributed by atoms with Crippen molar-refractivity contribution in [2.24, 2.45) is 0 Å². The largest absolute Gasteiger partial charge is 0.458 e. The lowest BCUT2D eigenvalue weighted by atomic mass is 9.98. The zero-order valence-electron chi connectivity index (χ0n) is 15.3. The average Bonchev–Trinajstić information content (AvgIpc) is 3.03. The predicted octanol–water partition coefficient (Wildman–Crippen LogP) is 6.54. The Morgan fingerprint density at radius 3 is 2.75 bits per heavy atom. The van der Waals surface area contributed by atoms with Crippen molar-refractivity contribution in [3.8, 4) is 0 Å². The second-order valence-electron chi connectivity index (χ2n) is 6.87. The zero-order chi connectivity index (χ0) is 19.7. The van der Waals surface area contributed by atoms with Gasteiger partial charge in [0.1, 0.15) is 28.0 Å². The second-order valence-corrected chi connectivity index (χ2v) is 8.72. The first-order valence-corrected chi connectivity index (χ1v) is 10.8. The first-order valence-electron chi connectivity index (χ1n) is 9.20. The van der Waals surface area contributed by atoms with Crippen LogP contribution in [0.3, 0.4) is 0 Å². The molecule has 0 spiro atoms. The molecule has 2 heterocycles. The maximum Gasteiger partial charge on any atom is 0.348 e. The number of carbonyl (C=O) groups is 1. The van der Waals surface area contributed by atoms with E-state index in [1.54, 1.807) is 18.2 Å². The summed E-state index contributed by atoms with van der Waals surface area (Å²) >= 11 is 13.6. The predicted molar refractivity (Wildman–Crippen MR) is 114 cm³/mol. The van der Waals surface area contributed by atoms with E-state index >= 15 is 0 Å². The summed E-state index contributed by atoms with van der Waals surface area (Å²) in [6, 6.07) is 5.21. The Morgan fingerprint density at radius 2 is 2.00 bits per heavy atom. The molecule has 28 heavy (non-hydrogen) atoms. The van der Waals surface area contributed by atoms with Crippen molar-refractivity contribution in [3.05, 3.63) is 45.0 Å². The molecule has 1 aliphatic rings. The standard InChI is InChI=1S/C20H19Cl2N3O2S/c1-11-16-18(25-15-8-7-12(21)9-14(15)22)23-10-24-19(16)28-17(11)20(26)27-13-5-3-2-4-6-13/h7-10,13H,2-6H2,1H3,(H,23,24,25). The molecule has 8 heteroatoms. The molecular formula is C20H19Cl2N3O2S. The van der Waals surface area contributed by atoms with Gasteiger partial charge in [-0.3, -0.25) is 0 Å². The van der Waals surface area contributed by atoms with Crippen LogP contribution < -0.4 is 5.32 Å². The normalized spacial score (nSPS) is 15.0. The number of thiophene rings is 1. The van der Waals surface area contributed by atoms with E-state index in [9.17, 15) is 4.79 Å². The van der Waals surface area contributed by atoms with Crippen molar-refractivity contribution in [2.45, 2.75) is 45.1 Å².